The quantitative estimate of drug-likeness (QED) is 0.736. The molecule has 1 fully saturated rings. The Balaban J connectivity index is 1.85. The third-order valence-electron chi connectivity index (χ3n) is 5.01. The maximum atomic E-state index is 6.28. The molecule has 1 aromatic rings. The van der Waals surface area contributed by atoms with Crippen molar-refractivity contribution in [2.24, 2.45) is 11.8 Å². The van der Waals surface area contributed by atoms with E-state index in [1.807, 2.05) is 6.07 Å². The molecule has 1 heterocycles. The van der Waals surface area contributed by atoms with Gasteiger partial charge in [-0.1, -0.05) is 62.2 Å². The van der Waals surface area contributed by atoms with Gasteiger partial charge in [0.1, 0.15) is 0 Å². The summed E-state index contributed by atoms with van der Waals surface area (Å²) in [4.78, 5) is 0. The summed E-state index contributed by atoms with van der Waals surface area (Å²) in [5.74, 6) is 2.14. The van der Waals surface area contributed by atoms with Crippen LogP contribution in [-0.4, -0.2) is 6.54 Å². The van der Waals surface area contributed by atoms with Crippen LogP contribution in [0.4, 0.5) is 5.69 Å². The Bertz CT molecular complexity index is 466. The zero-order valence-electron chi connectivity index (χ0n) is 11.4. The fraction of sp³-hybridized carbons (Fsp3) is 0.625. The summed E-state index contributed by atoms with van der Waals surface area (Å²) in [7, 11) is 0. The van der Waals surface area contributed by atoms with Crippen molar-refractivity contribution in [3.63, 3.8) is 0 Å². The fourth-order valence-corrected chi connectivity index (χ4v) is 4.43. The highest BCUT2D eigenvalue weighted by Gasteiger charge is 2.33. The van der Waals surface area contributed by atoms with Gasteiger partial charge in [0.15, 0.2) is 0 Å². The molecule has 1 aromatic carbocycles. The van der Waals surface area contributed by atoms with Crippen LogP contribution < -0.4 is 5.32 Å². The minimum absolute atomic E-state index is 0.564. The second-order valence-electron chi connectivity index (χ2n) is 6.10. The van der Waals surface area contributed by atoms with Gasteiger partial charge < -0.3 is 5.32 Å². The van der Waals surface area contributed by atoms with Crippen molar-refractivity contribution in [1.82, 2.24) is 0 Å². The molecule has 0 spiro atoms. The van der Waals surface area contributed by atoms with E-state index in [1.54, 1.807) is 0 Å². The van der Waals surface area contributed by atoms with Gasteiger partial charge in [-0.05, 0) is 29.5 Å². The van der Waals surface area contributed by atoms with Crippen molar-refractivity contribution in [3.05, 3.63) is 27.7 Å². The van der Waals surface area contributed by atoms with Crippen molar-refractivity contribution in [2.45, 2.75) is 44.9 Å². The summed E-state index contributed by atoms with van der Waals surface area (Å²) < 4.78 is 0. The largest absolute Gasteiger partial charge is 0.383 e. The van der Waals surface area contributed by atoms with E-state index in [0.717, 1.165) is 28.2 Å². The van der Waals surface area contributed by atoms with E-state index >= 15 is 0 Å². The van der Waals surface area contributed by atoms with Crippen molar-refractivity contribution >= 4 is 28.9 Å². The van der Waals surface area contributed by atoms with Gasteiger partial charge in [-0.15, -0.1) is 0 Å². The molecule has 0 saturated heterocycles. The molecule has 0 bridgehead atoms. The Morgan fingerprint density at radius 2 is 1.89 bits per heavy atom. The first-order valence-electron chi connectivity index (χ1n) is 7.39. The number of anilines is 1. The zero-order chi connectivity index (χ0) is 13.4. The van der Waals surface area contributed by atoms with E-state index in [2.05, 4.69) is 18.3 Å². The lowest BCUT2D eigenvalue weighted by atomic mass is 9.73. The molecule has 104 valence electrons. The second-order valence-corrected chi connectivity index (χ2v) is 6.94. The number of fused-ring (bicyclic) bond motifs is 1. The highest BCUT2D eigenvalue weighted by molar-refractivity contribution is 6.36. The Labute approximate surface area is 125 Å². The highest BCUT2D eigenvalue weighted by Crippen LogP contribution is 2.46. The van der Waals surface area contributed by atoms with E-state index < -0.39 is 0 Å². The van der Waals surface area contributed by atoms with Crippen LogP contribution in [0.1, 0.15) is 50.5 Å². The predicted molar refractivity (Wildman–Crippen MR) is 83.4 cm³/mol. The van der Waals surface area contributed by atoms with Gasteiger partial charge in [0, 0.05) is 17.5 Å². The van der Waals surface area contributed by atoms with E-state index in [0.29, 0.717) is 11.8 Å². The van der Waals surface area contributed by atoms with Crippen LogP contribution in [0.3, 0.4) is 0 Å². The maximum Gasteiger partial charge on any atom is 0.0655 e. The average Bonchev–Trinajstić information content (AvgIpc) is 2.83. The normalized spacial score (nSPS) is 24.9. The smallest absolute Gasteiger partial charge is 0.0655 e. The predicted octanol–water partition coefficient (Wildman–Crippen LogP) is 5.72. The number of nitrogens with one attached hydrogen (secondary N) is 1. The SMILES string of the molecule is CC(C1CCCCC1)C1CNc2c(Cl)cc(Cl)cc21. The molecule has 2 atom stereocenters. The third-order valence-corrected chi connectivity index (χ3v) is 5.53. The van der Waals surface area contributed by atoms with Crippen molar-refractivity contribution in [1.29, 1.82) is 0 Å². The van der Waals surface area contributed by atoms with Gasteiger partial charge in [-0.3, -0.25) is 0 Å². The van der Waals surface area contributed by atoms with Gasteiger partial charge >= 0.3 is 0 Å². The van der Waals surface area contributed by atoms with Gasteiger partial charge in [-0.2, -0.15) is 0 Å². The van der Waals surface area contributed by atoms with Crippen molar-refractivity contribution in [3.8, 4) is 0 Å². The van der Waals surface area contributed by atoms with Gasteiger partial charge in [0.2, 0.25) is 0 Å². The molecule has 1 nitrogen and oxygen atoms in total. The average molecular weight is 298 g/mol. The molecule has 1 N–H and O–H groups in total. The van der Waals surface area contributed by atoms with E-state index in [-0.39, 0.29) is 0 Å². The van der Waals surface area contributed by atoms with Crippen molar-refractivity contribution < 1.29 is 0 Å². The Kier molecular flexibility index (Phi) is 3.96. The first-order chi connectivity index (χ1) is 9.16. The molecule has 2 aliphatic rings. The number of benzene rings is 1. The Morgan fingerprint density at radius 1 is 1.16 bits per heavy atom. The van der Waals surface area contributed by atoms with Gasteiger partial charge in [0.25, 0.3) is 0 Å². The number of hydrogen-bond donors (Lipinski definition) is 1. The molecular weight excluding hydrogens is 277 g/mol. The molecular formula is C16H21Cl2N. The first kappa shape index (κ1) is 13.6. The van der Waals surface area contributed by atoms with E-state index in [4.69, 9.17) is 23.2 Å². The van der Waals surface area contributed by atoms with Crippen LogP contribution in [0.15, 0.2) is 12.1 Å². The molecule has 0 aromatic heterocycles. The summed E-state index contributed by atoms with van der Waals surface area (Å²) in [5, 5.41) is 5.00. The summed E-state index contributed by atoms with van der Waals surface area (Å²) in [6.07, 6.45) is 7.00. The maximum absolute atomic E-state index is 6.28. The molecule has 1 aliphatic heterocycles. The second kappa shape index (κ2) is 5.54. The molecule has 1 saturated carbocycles. The highest BCUT2D eigenvalue weighted by atomic mass is 35.5. The Morgan fingerprint density at radius 3 is 2.63 bits per heavy atom. The lowest BCUT2D eigenvalue weighted by Gasteiger charge is -2.31. The number of rotatable bonds is 2. The molecule has 3 rings (SSSR count). The minimum Gasteiger partial charge on any atom is -0.383 e. The Hall–Kier alpha value is -0.400. The van der Waals surface area contributed by atoms with Crippen LogP contribution in [-0.2, 0) is 0 Å². The van der Waals surface area contributed by atoms with Gasteiger partial charge in [-0.25, -0.2) is 0 Å². The summed E-state index contributed by atoms with van der Waals surface area (Å²) in [6, 6.07) is 3.94. The lowest BCUT2D eigenvalue weighted by Crippen LogP contribution is -2.23. The molecule has 0 radical (unpaired) electrons. The topological polar surface area (TPSA) is 12.0 Å². The monoisotopic (exact) mass is 297 g/mol. The van der Waals surface area contributed by atoms with Crippen LogP contribution >= 0.6 is 23.2 Å². The molecule has 1 aliphatic carbocycles. The number of hydrogen-bond acceptors (Lipinski definition) is 1. The lowest BCUT2D eigenvalue weighted by molar-refractivity contribution is 0.238. The van der Waals surface area contributed by atoms with Crippen LogP contribution in [0.25, 0.3) is 0 Å². The molecule has 19 heavy (non-hydrogen) atoms. The van der Waals surface area contributed by atoms with E-state index in [9.17, 15) is 0 Å². The zero-order valence-corrected chi connectivity index (χ0v) is 12.9. The standard InChI is InChI=1S/C16H21Cl2N/c1-10(11-5-3-2-4-6-11)14-9-19-16-13(14)7-12(17)8-15(16)18/h7-8,10-11,14,19H,2-6,9H2,1H3. The molecule has 3 heteroatoms. The van der Waals surface area contributed by atoms with Gasteiger partial charge in [0.05, 0.1) is 10.7 Å². The molecule has 0 amide bonds. The molecule has 2 unspecified atom stereocenters. The number of halogens is 2. The van der Waals surface area contributed by atoms with Crippen LogP contribution in [0.5, 0.6) is 0 Å². The summed E-state index contributed by atoms with van der Waals surface area (Å²) in [5.41, 5.74) is 2.44. The van der Waals surface area contributed by atoms with Crippen molar-refractivity contribution in [2.75, 3.05) is 11.9 Å². The fourth-order valence-electron chi connectivity index (χ4n) is 3.85. The van der Waals surface area contributed by atoms with Crippen LogP contribution in [0, 0.1) is 11.8 Å². The summed E-state index contributed by atoms with van der Waals surface area (Å²) >= 11 is 12.5. The third kappa shape index (κ3) is 2.60. The summed E-state index contributed by atoms with van der Waals surface area (Å²) in [6.45, 7) is 3.42. The van der Waals surface area contributed by atoms with Crippen LogP contribution in [0.2, 0.25) is 10.0 Å². The first-order valence-corrected chi connectivity index (χ1v) is 8.15. The minimum atomic E-state index is 0.564. The van der Waals surface area contributed by atoms with E-state index in [1.165, 1.54) is 37.7 Å².